The van der Waals surface area contributed by atoms with Gasteiger partial charge < -0.3 is 21.3 Å². The first-order valence-corrected chi connectivity index (χ1v) is 6.59. The van der Waals surface area contributed by atoms with Gasteiger partial charge in [0, 0.05) is 11.6 Å². The first kappa shape index (κ1) is 14.0. The van der Waals surface area contributed by atoms with E-state index in [4.69, 9.17) is 5.73 Å². The Balaban J connectivity index is 1.98. The number of carbonyl (C=O) groups is 1. The molecule has 1 aliphatic rings. The number of nitrogens with one attached hydrogen (secondary N) is 1. The lowest BCUT2D eigenvalue weighted by molar-refractivity contribution is 0.0150. The zero-order valence-corrected chi connectivity index (χ0v) is 10.7. The van der Waals surface area contributed by atoms with Crippen LogP contribution >= 0.6 is 0 Å². The molecule has 0 heterocycles. The molecule has 5 nitrogen and oxygen atoms in total. The molecule has 0 spiro atoms. The Kier molecular flexibility index (Phi) is 4.52. The number of hydrogen-bond acceptors (Lipinski definition) is 4. The second-order valence-corrected chi connectivity index (χ2v) is 4.96. The molecule has 1 amide bonds. The van der Waals surface area contributed by atoms with Gasteiger partial charge in [0.1, 0.15) is 6.10 Å². The van der Waals surface area contributed by atoms with Crippen LogP contribution < -0.4 is 11.1 Å². The second-order valence-electron chi connectivity index (χ2n) is 4.96. The highest BCUT2D eigenvalue weighted by Crippen LogP contribution is 2.21. The van der Waals surface area contributed by atoms with Crippen LogP contribution in [0.5, 0.6) is 0 Å². The predicted octanol–water partition coefficient (Wildman–Crippen LogP) is 0.322. The number of benzene rings is 1. The molecule has 1 aromatic rings. The Hall–Kier alpha value is -1.43. The van der Waals surface area contributed by atoms with E-state index in [-0.39, 0.29) is 5.91 Å². The number of aliphatic hydroxyl groups is 2. The van der Waals surface area contributed by atoms with E-state index in [1.54, 1.807) is 24.3 Å². The number of rotatable bonds is 6. The van der Waals surface area contributed by atoms with E-state index in [1.807, 2.05) is 0 Å². The van der Waals surface area contributed by atoms with Gasteiger partial charge in [-0.05, 0) is 43.5 Å². The van der Waals surface area contributed by atoms with Crippen LogP contribution in [-0.4, -0.2) is 34.8 Å². The highest BCUT2D eigenvalue weighted by Gasteiger charge is 2.24. The number of carbonyl (C=O) groups excluding carboxylic acids is 1. The number of nitrogens with two attached hydrogens (primary N) is 1. The van der Waals surface area contributed by atoms with Crippen molar-refractivity contribution >= 4 is 5.91 Å². The highest BCUT2D eigenvalue weighted by molar-refractivity contribution is 5.94. The van der Waals surface area contributed by atoms with Crippen molar-refractivity contribution in [1.82, 2.24) is 5.32 Å². The molecule has 1 saturated carbocycles. The molecule has 5 N–H and O–H groups in total. The van der Waals surface area contributed by atoms with E-state index >= 15 is 0 Å². The van der Waals surface area contributed by atoms with Crippen LogP contribution in [0.3, 0.4) is 0 Å². The summed E-state index contributed by atoms with van der Waals surface area (Å²) in [5.74, 6) is -0.0916. The normalized spacial score (nSPS) is 17.8. The number of amides is 1. The Morgan fingerprint density at radius 2 is 1.95 bits per heavy atom. The van der Waals surface area contributed by atoms with E-state index in [9.17, 15) is 15.0 Å². The lowest BCUT2D eigenvalue weighted by atomic mass is 10.0. The summed E-state index contributed by atoms with van der Waals surface area (Å²) < 4.78 is 0. The molecule has 1 aliphatic carbocycles. The highest BCUT2D eigenvalue weighted by atomic mass is 16.3. The Morgan fingerprint density at radius 3 is 2.47 bits per heavy atom. The number of aliphatic hydroxyl groups excluding tert-OH is 2. The van der Waals surface area contributed by atoms with Crippen molar-refractivity contribution in [2.75, 3.05) is 6.54 Å². The largest absolute Gasteiger partial charge is 0.390 e. The Labute approximate surface area is 112 Å². The maximum Gasteiger partial charge on any atom is 0.251 e. The Bertz CT molecular complexity index is 429. The predicted molar refractivity (Wildman–Crippen MR) is 71.6 cm³/mol. The molecule has 5 heteroatoms. The molecule has 104 valence electrons. The topological polar surface area (TPSA) is 95.6 Å². The molecule has 0 radical (unpaired) electrons. The van der Waals surface area contributed by atoms with E-state index < -0.39 is 12.2 Å². The van der Waals surface area contributed by atoms with Gasteiger partial charge in [-0.3, -0.25) is 4.79 Å². The van der Waals surface area contributed by atoms with E-state index in [1.165, 1.54) is 0 Å². The second kappa shape index (κ2) is 6.14. The molecular formula is C14H20N2O3. The van der Waals surface area contributed by atoms with Crippen molar-refractivity contribution < 1.29 is 15.0 Å². The van der Waals surface area contributed by atoms with Gasteiger partial charge in [-0.1, -0.05) is 12.1 Å². The van der Waals surface area contributed by atoms with Gasteiger partial charge >= 0.3 is 0 Å². The summed E-state index contributed by atoms with van der Waals surface area (Å²) in [5, 5.41) is 22.5. The number of hydrogen-bond donors (Lipinski definition) is 4. The van der Waals surface area contributed by atoms with Gasteiger partial charge in [-0.15, -0.1) is 0 Å². The molecular weight excluding hydrogens is 244 g/mol. The standard InChI is InChI=1S/C14H20N2O3/c15-8-7-12(17)13(18)9-1-3-10(4-2-9)14(19)16-11-5-6-11/h1-4,11-13,17-18H,5-8,15H2,(H,16,19). The molecule has 0 aliphatic heterocycles. The summed E-state index contributed by atoms with van der Waals surface area (Å²) in [7, 11) is 0. The van der Waals surface area contributed by atoms with Crippen molar-refractivity contribution in [3.05, 3.63) is 35.4 Å². The average Bonchev–Trinajstić information content (AvgIpc) is 3.22. The van der Waals surface area contributed by atoms with Gasteiger partial charge in [0.2, 0.25) is 0 Å². The molecule has 19 heavy (non-hydrogen) atoms. The van der Waals surface area contributed by atoms with Crippen molar-refractivity contribution in [2.24, 2.45) is 5.73 Å². The van der Waals surface area contributed by atoms with Gasteiger partial charge in [-0.25, -0.2) is 0 Å². The van der Waals surface area contributed by atoms with E-state index in [0.717, 1.165) is 12.8 Å². The molecule has 1 aromatic carbocycles. The van der Waals surface area contributed by atoms with Crippen molar-refractivity contribution in [3.8, 4) is 0 Å². The third kappa shape index (κ3) is 3.76. The van der Waals surface area contributed by atoms with Crippen molar-refractivity contribution in [1.29, 1.82) is 0 Å². The Morgan fingerprint density at radius 1 is 1.32 bits per heavy atom. The van der Waals surface area contributed by atoms with Crippen LogP contribution in [0.2, 0.25) is 0 Å². The molecule has 1 fully saturated rings. The minimum absolute atomic E-state index is 0.0916. The summed E-state index contributed by atoms with van der Waals surface area (Å²) in [6.45, 7) is 0.320. The fourth-order valence-corrected chi connectivity index (χ4v) is 1.88. The summed E-state index contributed by atoms with van der Waals surface area (Å²) in [6.07, 6.45) is 0.590. The average molecular weight is 264 g/mol. The third-order valence-corrected chi connectivity index (χ3v) is 3.25. The van der Waals surface area contributed by atoms with Gasteiger partial charge in [0.25, 0.3) is 5.91 Å². The quantitative estimate of drug-likeness (QED) is 0.595. The molecule has 0 aromatic heterocycles. The van der Waals surface area contributed by atoms with Crippen LogP contribution in [0.1, 0.15) is 41.3 Å². The molecule has 2 unspecified atom stereocenters. The zero-order chi connectivity index (χ0) is 13.8. The lowest BCUT2D eigenvalue weighted by Gasteiger charge is -2.17. The fraction of sp³-hybridized carbons (Fsp3) is 0.500. The van der Waals surface area contributed by atoms with E-state index in [0.29, 0.717) is 30.1 Å². The summed E-state index contributed by atoms with van der Waals surface area (Å²) >= 11 is 0. The molecule has 0 saturated heterocycles. The lowest BCUT2D eigenvalue weighted by Crippen LogP contribution is -2.25. The summed E-state index contributed by atoms with van der Waals surface area (Å²) in [4.78, 5) is 11.8. The van der Waals surface area contributed by atoms with Gasteiger partial charge in [-0.2, -0.15) is 0 Å². The maximum absolute atomic E-state index is 11.8. The van der Waals surface area contributed by atoms with Gasteiger partial charge in [0.05, 0.1) is 6.10 Å². The minimum atomic E-state index is -0.968. The molecule has 2 atom stereocenters. The van der Waals surface area contributed by atoms with Crippen molar-refractivity contribution in [3.63, 3.8) is 0 Å². The first-order valence-electron chi connectivity index (χ1n) is 6.59. The van der Waals surface area contributed by atoms with Crippen LogP contribution in [-0.2, 0) is 0 Å². The smallest absolute Gasteiger partial charge is 0.251 e. The minimum Gasteiger partial charge on any atom is -0.390 e. The zero-order valence-electron chi connectivity index (χ0n) is 10.7. The van der Waals surface area contributed by atoms with Crippen LogP contribution in [0.15, 0.2) is 24.3 Å². The van der Waals surface area contributed by atoms with Crippen LogP contribution in [0.4, 0.5) is 0 Å². The van der Waals surface area contributed by atoms with Crippen molar-refractivity contribution in [2.45, 2.75) is 37.5 Å². The van der Waals surface area contributed by atoms with Gasteiger partial charge in [0.15, 0.2) is 0 Å². The first-order chi connectivity index (χ1) is 9.11. The molecule has 0 bridgehead atoms. The molecule has 2 rings (SSSR count). The van der Waals surface area contributed by atoms with E-state index in [2.05, 4.69) is 5.32 Å². The third-order valence-electron chi connectivity index (χ3n) is 3.25. The monoisotopic (exact) mass is 264 g/mol. The summed E-state index contributed by atoms with van der Waals surface area (Å²) in [5.41, 5.74) is 6.49. The van der Waals surface area contributed by atoms with Crippen LogP contribution in [0, 0.1) is 0 Å². The summed E-state index contributed by atoms with van der Waals surface area (Å²) in [6, 6.07) is 6.96. The van der Waals surface area contributed by atoms with Crippen LogP contribution in [0.25, 0.3) is 0 Å². The SMILES string of the molecule is NCCC(O)C(O)c1ccc(C(=O)NC2CC2)cc1. The maximum atomic E-state index is 11.8. The fourth-order valence-electron chi connectivity index (χ4n) is 1.88.